The lowest BCUT2D eigenvalue weighted by Crippen LogP contribution is -2.14. The summed E-state index contributed by atoms with van der Waals surface area (Å²) in [5.74, 6) is -1.01. The van der Waals surface area contributed by atoms with Crippen LogP contribution in [0.25, 0.3) is 10.9 Å². The molecule has 4 N–H and O–H groups in total. The highest BCUT2D eigenvalue weighted by Gasteiger charge is 2.19. The highest BCUT2D eigenvalue weighted by molar-refractivity contribution is 5.91. The number of H-pyrrole nitrogens is 1. The number of carbonyl (C=O) groups is 1. The fourth-order valence-corrected chi connectivity index (χ4v) is 1.92. The van der Waals surface area contributed by atoms with Gasteiger partial charge in [-0.3, -0.25) is 14.9 Å². The Balaban J connectivity index is 0.00000180. The number of fused-ring (bicyclic) bond motifs is 1. The molecule has 0 bridgehead atoms. The molecule has 8 heteroatoms. The Morgan fingerprint density at radius 1 is 1.53 bits per heavy atom. The van der Waals surface area contributed by atoms with Crippen LogP contribution in [0.2, 0.25) is 0 Å². The van der Waals surface area contributed by atoms with Gasteiger partial charge in [0.25, 0.3) is 5.69 Å². The third-order valence-electron chi connectivity index (χ3n) is 2.72. The molecule has 0 saturated heterocycles. The zero-order valence-electron chi connectivity index (χ0n) is 9.70. The van der Waals surface area contributed by atoms with Crippen molar-refractivity contribution in [3.63, 3.8) is 0 Å². The lowest BCUT2D eigenvalue weighted by atomic mass is 10.0. The van der Waals surface area contributed by atoms with Crippen molar-refractivity contribution in [1.29, 1.82) is 0 Å². The van der Waals surface area contributed by atoms with Gasteiger partial charge >= 0.3 is 5.97 Å². The summed E-state index contributed by atoms with van der Waals surface area (Å²) in [5, 5.41) is 20.1. The van der Waals surface area contributed by atoms with E-state index in [0.29, 0.717) is 16.5 Å². The number of benzene rings is 1. The Hall–Kier alpha value is -2.12. The normalized spacial score (nSPS) is 11.8. The number of rotatable bonds is 4. The fourth-order valence-electron chi connectivity index (χ4n) is 1.92. The monoisotopic (exact) mass is 285 g/mol. The molecule has 0 fully saturated rings. The number of nitrogens with one attached hydrogen (secondary N) is 1. The summed E-state index contributed by atoms with van der Waals surface area (Å²) in [6.45, 7) is 0. The molecule has 1 atom stereocenters. The minimum atomic E-state index is -1.01. The maximum atomic E-state index is 10.8. The first kappa shape index (κ1) is 14.9. The number of nitro groups is 1. The summed E-state index contributed by atoms with van der Waals surface area (Å²) < 4.78 is 0. The van der Waals surface area contributed by atoms with Crippen LogP contribution in [-0.2, 0) is 4.79 Å². The number of aliphatic carboxylic acids is 1. The first-order valence-electron chi connectivity index (χ1n) is 5.22. The molecule has 1 unspecified atom stereocenters. The first-order valence-corrected chi connectivity index (χ1v) is 5.22. The van der Waals surface area contributed by atoms with E-state index < -0.39 is 16.9 Å². The third kappa shape index (κ3) is 2.83. The predicted octanol–water partition coefficient (Wildman–Crippen LogP) is 1.97. The molecule has 0 radical (unpaired) electrons. The lowest BCUT2D eigenvalue weighted by molar-refractivity contribution is -0.383. The predicted molar refractivity (Wildman–Crippen MR) is 71.4 cm³/mol. The second-order valence-corrected chi connectivity index (χ2v) is 3.91. The highest BCUT2D eigenvalue weighted by atomic mass is 35.5. The van der Waals surface area contributed by atoms with Crippen LogP contribution in [0.4, 0.5) is 5.69 Å². The number of carboxylic acids is 1. The number of hydrogen-bond donors (Lipinski definition) is 3. The summed E-state index contributed by atoms with van der Waals surface area (Å²) in [7, 11) is 0. The van der Waals surface area contributed by atoms with Crippen LogP contribution in [-0.4, -0.2) is 21.0 Å². The van der Waals surface area contributed by atoms with Crippen LogP contribution in [0, 0.1) is 10.1 Å². The molecule has 0 aliphatic carbocycles. The number of nitro benzene ring substituents is 1. The maximum absolute atomic E-state index is 10.8. The van der Waals surface area contributed by atoms with E-state index in [2.05, 4.69) is 4.98 Å². The highest BCUT2D eigenvalue weighted by Crippen LogP contribution is 2.30. The van der Waals surface area contributed by atoms with E-state index in [1.807, 2.05) is 0 Å². The van der Waals surface area contributed by atoms with Crippen LogP contribution in [0.3, 0.4) is 0 Å². The molecule has 1 aromatic carbocycles. The van der Waals surface area contributed by atoms with Gasteiger partial charge in [-0.2, -0.15) is 0 Å². The Kier molecular flexibility index (Phi) is 4.47. The van der Waals surface area contributed by atoms with Crippen molar-refractivity contribution in [2.24, 2.45) is 5.73 Å². The van der Waals surface area contributed by atoms with Crippen molar-refractivity contribution < 1.29 is 14.8 Å². The third-order valence-corrected chi connectivity index (χ3v) is 2.72. The number of hydrogen-bond acceptors (Lipinski definition) is 4. The van der Waals surface area contributed by atoms with Crippen LogP contribution in [0.1, 0.15) is 18.0 Å². The van der Waals surface area contributed by atoms with Gasteiger partial charge in [0.1, 0.15) is 5.52 Å². The summed E-state index contributed by atoms with van der Waals surface area (Å²) in [6.07, 6.45) is 1.29. The molecule has 102 valence electrons. The van der Waals surface area contributed by atoms with Crippen molar-refractivity contribution in [2.45, 2.75) is 12.5 Å². The molecule has 0 aliphatic heterocycles. The minimum absolute atomic E-state index is 0. The number of nitrogens with two attached hydrogens (primary N) is 1. The van der Waals surface area contributed by atoms with Gasteiger partial charge in [0.15, 0.2) is 0 Å². The van der Waals surface area contributed by atoms with Crippen molar-refractivity contribution >= 4 is 35.0 Å². The van der Waals surface area contributed by atoms with Gasteiger partial charge in [-0.25, -0.2) is 0 Å². The molecule has 19 heavy (non-hydrogen) atoms. The van der Waals surface area contributed by atoms with Crippen molar-refractivity contribution in [3.05, 3.63) is 40.1 Å². The zero-order valence-corrected chi connectivity index (χ0v) is 10.5. The van der Waals surface area contributed by atoms with Crippen LogP contribution in [0.5, 0.6) is 0 Å². The molecule has 1 heterocycles. The van der Waals surface area contributed by atoms with E-state index in [0.717, 1.165) is 0 Å². The Morgan fingerprint density at radius 3 is 2.79 bits per heavy atom. The lowest BCUT2D eigenvalue weighted by Gasteiger charge is -2.07. The van der Waals surface area contributed by atoms with Gasteiger partial charge in [-0.05, 0) is 5.56 Å². The molecule has 2 rings (SSSR count). The number of carboxylic acid groups (broad SMARTS) is 1. The molecule has 0 aliphatic rings. The van der Waals surface area contributed by atoms with E-state index in [1.54, 1.807) is 12.1 Å². The average Bonchev–Trinajstić information content (AvgIpc) is 2.70. The summed E-state index contributed by atoms with van der Waals surface area (Å²) in [5.41, 5.74) is 6.63. The average molecular weight is 286 g/mol. The standard InChI is InChI=1S/C11H11N3O4.ClH/c12-8(4-10(15)16)7-5-13-11-6(7)2-1-3-9(11)14(17)18;/h1-3,5,8,13H,4,12H2,(H,15,16);1H. The largest absolute Gasteiger partial charge is 0.481 e. The van der Waals surface area contributed by atoms with Gasteiger partial charge in [0.2, 0.25) is 0 Å². The van der Waals surface area contributed by atoms with Crippen LogP contribution >= 0.6 is 12.4 Å². The van der Waals surface area contributed by atoms with Crippen molar-refractivity contribution in [2.75, 3.05) is 0 Å². The SMILES string of the molecule is Cl.NC(CC(=O)O)c1c[nH]c2c([N+](=O)[O-])cccc12. The molecule has 0 spiro atoms. The molecular formula is C11H12ClN3O4. The van der Waals surface area contributed by atoms with E-state index in [1.165, 1.54) is 12.3 Å². The first-order chi connectivity index (χ1) is 8.50. The van der Waals surface area contributed by atoms with Crippen molar-refractivity contribution in [3.8, 4) is 0 Å². The van der Waals surface area contributed by atoms with Crippen LogP contribution < -0.4 is 5.73 Å². The number of aromatic nitrogens is 1. The molecule has 0 amide bonds. The van der Waals surface area contributed by atoms with Gasteiger partial charge in [-0.1, -0.05) is 12.1 Å². The van der Waals surface area contributed by atoms with Crippen LogP contribution in [0.15, 0.2) is 24.4 Å². The van der Waals surface area contributed by atoms with Gasteiger partial charge < -0.3 is 15.8 Å². The maximum Gasteiger partial charge on any atom is 0.305 e. The number of halogens is 1. The molecule has 0 saturated carbocycles. The summed E-state index contributed by atoms with van der Waals surface area (Å²) in [4.78, 5) is 23.7. The second kappa shape index (κ2) is 5.68. The minimum Gasteiger partial charge on any atom is -0.481 e. The number of non-ortho nitro benzene ring substituents is 1. The summed E-state index contributed by atoms with van der Waals surface area (Å²) in [6, 6.07) is 3.91. The quantitative estimate of drug-likeness (QED) is 0.585. The molecule has 7 nitrogen and oxygen atoms in total. The number of aromatic amines is 1. The van der Waals surface area contributed by atoms with E-state index in [9.17, 15) is 14.9 Å². The fraction of sp³-hybridized carbons (Fsp3) is 0.182. The van der Waals surface area contributed by atoms with Crippen molar-refractivity contribution in [1.82, 2.24) is 4.98 Å². The zero-order chi connectivity index (χ0) is 13.3. The van der Waals surface area contributed by atoms with Gasteiger partial charge in [0.05, 0.1) is 11.3 Å². The topological polar surface area (TPSA) is 122 Å². The van der Waals surface area contributed by atoms with E-state index in [-0.39, 0.29) is 24.5 Å². The Labute approximate surface area is 114 Å². The molecular weight excluding hydrogens is 274 g/mol. The van der Waals surface area contributed by atoms with E-state index >= 15 is 0 Å². The molecule has 1 aromatic heterocycles. The van der Waals surface area contributed by atoms with E-state index in [4.69, 9.17) is 10.8 Å². The number of nitrogens with zero attached hydrogens (tertiary/aromatic N) is 1. The second-order valence-electron chi connectivity index (χ2n) is 3.91. The van der Waals surface area contributed by atoms with Gasteiger partial charge in [-0.15, -0.1) is 12.4 Å². The Morgan fingerprint density at radius 2 is 2.21 bits per heavy atom. The van der Waals surface area contributed by atoms with Gasteiger partial charge in [0, 0.05) is 23.7 Å². The molecule has 2 aromatic rings. The Bertz CT molecular complexity index is 625. The smallest absolute Gasteiger partial charge is 0.305 e. The summed E-state index contributed by atoms with van der Waals surface area (Å²) >= 11 is 0. The number of para-hydroxylation sites is 1.